The van der Waals surface area contributed by atoms with Gasteiger partial charge in [-0.1, -0.05) is 72.3 Å². The van der Waals surface area contributed by atoms with Crippen LogP contribution in [-0.4, -0.2) is 24.4 Å². The number of hydrazine groups is 1. The standard InChI is InChI=1S/C23H19ClN2O4/c24-19-13-11-18(12-14-19)22(28)26-25-20(27)15-30-23(29)21(16-7-3-1-4-8-16)17-9-5-2-6-10-17/h1-14,21H,15H2,(H,25,27)(H,26,28). The summed E-state index contributed by atoms with van der Waals surface area (Å²) < 4.78 is 5.21. The Bertz CT molecular complexity index is 969. The van der Waals surface area contributed by atoms with Gasteiger partial charge in [0.1, 0.15) is 5.92 Å². The molecule has 0 fully saturated rings. The SMILES string of the molecule is O=C(COC(=O)C(c1ccccc1)c1ccccc1)NNC(=O)c1ccc(Cl)cc1. The van der Waals surface area contributed by atoms with E-state index in [4.69, 9.17) is 16.3 Å². The molecule has 0 spiro atoms. The van der Waals surface area contributed by atoms with Crippen LogP contribution in [0, 0.1) is 0 Å². The van der Waals surface area contributed by atoms with Crippen LogP contribution >= 0.6 is 11.6 Å². The first kappa shape index (κ1) is 21.1. The molecule has 0 radical (unpaired) electrons. The van der Waals surface area contributed by atoms with Gasteiger partial charge in [0.05, 0.1) is 0 Å². The van der Waals surface area contributed by atoms with Gasteiger partial charge in [-0.15, -0.1) is 0 Å². The largest absolute Gasteiger partial charge is 0.455 e. The Morgan fingerprint density at radius 1 is 0.767 bits per heavy atom. The molecule has 6 nitrogen and oxygen atoms in total. The van der Waals surface area contributed by atoms with Crippen molar-refractivity contribution in [2.45, 2.75) is 5.92 Å². The van der Waals surface area contributed by atoms with Gasteiger partial charge in [-0.05, 0) is 35.4 Å². The number of amides is 2. The first-order valence-corrected chi connectivity index (χ1v) is 9.53. The van der Waals surface area contributed by atoms with Crippen LogP contribution in [0.15, 0.2) is 84.9 Å². The highest BCUT2D eigenvalue weighted by Gasteiger charge is 2.24. The Hall–Kier alpha value is -3.64. The van der Waals surface area contributed by atoms with Gasteiger partial charge in [0.2, 0.25) is 0 Å². The van der Waals surface area contributed by atoms with E-state index in [-0.39, 0.29) is 0 Å². The molecule has 2 amide bonds. The molecule has 0 aliphatic rings. The number of nitrogens with one attached hydrogen (secondary N) is 2. The van der Waals surface area contributed by atoms with E-state index in [9.17, 15) is 14.4 Å². The molecular weight excluding hydrogens is 404 g/mol. The summed E-state index contributed by atoms with van der Waals surface area (Å²) >= 11 is 5.78. The predicted octanol–water partition coefficient (Wildman–Crippen LogP) is 3.48. The van der Waals surface area contributed by atoms with Gasteiger partial charge in [-0.3, -0.25) is 25.2 Å². The third-order valence-electron chi connectivity index (χ3n) is 4.27. The van der Waals surface area contributed by atoms with Gasteiger partial charge in [0.25, 0.3) is 11.8 Å². The lowest BCUT2D eigenvalue weighted by molar-refractivity contribution is -0.149. The van der Waals surface area contributed by atoms with Crippen molar-refractivity contribution in [2.24, 2.45) is 0 Å². The molecule has 0 bridgehead atoms. The van der Waals surface area contributed by atoms with Crippen LogP contribution in [0.25, 0.3) is 0 Å². The molecule has 0 aliphatic heterocycles. The second kappa shape index (κ2) is 10.2. The van der Waals surface area contributed by atoms with E-state index < -0.39 is 30.3 Å². The quantitative estimate of drug-likeness (QED) is 0.470. The van der Waals surface area contributed by atoms with Gasteiger partial charge in [0.15, 0.2) is 6.61 Å². The zero-order valence-corrected chi connectivity index (χ0v) is 16.6. The summed E-state index contributed by atoms with van der Waals surface area (Å²) in [5.41, 5.74) is 6.32. The molecule has 3 aromatic carbocycles. The second-order valence-electron chi connectivity index (χ2n) is 6.37. The van der Waals surface area contributed by atoms with E-state index in [1.165, 1.54) is 12.1 Å². The third kappa shape index (κ3) is 5.68. The summed E-state index contributed by atoms with van der Waals surface area (Å²) in [6, 6.07) is 24.5. The Morgan fingerprint density at radius 2 is 1.30 bits per heavy atom. The minimum Gasteiger partial charge on any atom is -0.455 e. The molecule has 30 heavy (non-hydrogen) atoms. The molecule has 0 unspecified atom stereocenters. The summed E-state index contributed by atoms with van der Waals surface area (Å²) in [4.78, 5) is 36.7. The minimum absolute atomic E-state index is 0.324. The molecule has 152 valence electrons. The van der Waals surface area contributed by atoms with E-state index >= 15 is 0 Å². The highest BCUT2D eigenvalue weighted by molar-refractivity contribution is 6.30. The molecular formula is C23H19ClN2O4. The molecule has 3 aromatic rings. The fraction of sp³-hybridized carbons (Fsp3) is 0.0870. The fourth-order valence-corrected chi connectivity index (χ4v) is 2.94. The number of ether oxygens (including phenoxy) is 1. The van der Waals surface area contributed by atoms with Crippen LogP contribution in [0.5, 0.6) is 0 Å². The van der Waals surface area contributed by atoms with Crippen molar-refractivity contribution in [1.29, 1.82) is 0 Å². The van der Waals surface area contributed by atoms with E-state index in [0.717, 1.165) is 11.1 Å². The summed E-state index contributed by atoms with van der Waals surface area (Å²) in [5.74, 6) is -2.40. The van der Waals surface area contributed by atoms with Crippen molar-refractivity contribution < 1.29 is 19.1 Å². The van der Waals surface area contributed by atoms with E-state index in [1.807, 2.05) is 60.7 Å². The maximum absolute atomic E-state index is 12.7. The molecule has 2 N–H and O–H groups in total. The Balaban J connectivity index is 1.58. The molecule has 0 heterocycles. The summed E-state index contributed by atoms with van der Waals surface area (Å²) in [7, 11) is 0. The van der Waals surface area contributed by atoms with Gasteiger partial charge in [-0.2, -0.15) is 0 Å². The number of carbonyl (C=O) groups is 3. The first-order valence-electron chi connectivity index (χ1n) is 9.16. The van der Waals surface area contributed by atoms with Crippen LogP contribution in [0.4, 0.5) is 0 Å². The lowest BCUT2D eigenvalue weighted by Gasteiger charge is -2.17. The Kier molecular flexibility index (Phi) is 7.19. The minimum atomic E-state index is -0.663. The van der Waals surface area contributed by atoms with Crippen LogP contribution in [-0.2, 0) is 14.3 Å². The van der Waals surface area contributed by atoms with Gasteiger partial charge >= 0.3 is 5.97 Å². The monoisotopic (exact) mass is 422 g/mol. The number of hydrogen-bond acceptors (Lipinski definition) is 4. The fourth-order valence-electron chi connectivity index (χ4n) is 2.81. The Labute approximate surface area is 178 Å². The number of halogens is 1. The number of carbonyl (C=O) groups excluding carboxylic acids is 3. The normalized spacial score (nSPS) is 10.3. The number of hydrogen-bond donors (Lipinski definition) is 2. The van der Waals surface area contributed by atoms with Crippen molar-refractivity contribution in [3.8, 4) is 0 Å². The van der Waals surface area contributed by atoms with E-state index in [0.29, 0.717) is 10.6 Å². The van der Waals surface area contributed by atoms with Crippen molar-refractivity contribution in [3.05, 3.63) is 107 Å². The van der Waals surface area contributed by atoms with Crippen LogP contribution in [0.1, 0.15) is 27.4 Å². The maximum Gasteiger partial charge on any atom is 0.318 e. The van der Waals surface area contributed by atoms with Crippen LogP contribution in [0.2, 0.25) is 5.02 Å². The van der Waals surface area contributed by atoms with Crippen molar-refractivity contribution in [1.82, 2.24) is 10.9 Å². The average molecular weight is 423 g/mol. The van der Waals surface area contributed by atoms with Gasteiger partial charge < -0.3 is 4.74 Å². The van der Waals surface area contributed by atoms with Crippen molar-refractivity contribution >= 4 is 29.4 Å². The molecule has 0 aromatic heterocycles. The van der Waals surface area contributed by atoms with E-state index in [2.05, 4.69) is 10.9 Å². The topological polar surface area (TPSA) is 84.5 Å². The molecule has 3 rings (SSSR count). The van der Waals surface area contributed by atoms with Crippen LogP contribution in [0.3, 0.4) is 0 Å². The number of esters is 1. The van der Waals surface area contributed by atoms with Crippen molar-refractivity contribution in [3.63, 3.8) is 0 Å². The zero-order valence-electron chi connectivity index (χ0n) is 15.9. The van der Waals surface area contributed by atoms with Crippen molar-refractivity contribution in [2.75, 3.05) is 6.61 Å². The molecule has 0 saturated carbocycles. The summed E-state index contributed by atoms with van der Waals surface area (Å²) in [6.45, 7) is -0.532. The zero-order chi connectivity index (χ0) is 21.3. The maximum atomic E-state index is 12.7. The Morgan fingerprint density at radius 3 is 1.83 bits per heavy atom. The van der Waals surface area contributed by atoms with Gasteiger partial charge in [0, 0.05) is 10.6 Å². The smallest absolute Gasteiger partial charge is 0.318 e. The lowest BCUT2D eigenvalue weighted by Crippen LogP contribution is -2.43. The van der Waals surface area contributed by atoms with Gasteiger partial charge in [-0.25, -0.2) is 0 Å². The molecule has 0 saturated heterocycles. The number of benzene rings is 3. The number of rotatable bonds is 6. The highest BCUT2D eigenvalue weighted by Crippen LogP contribution is 2.25. The highest BCUT2D eigenvalue weighted by atomic mass is 35.5. The molecule has 0 aliphatic carbocycles. The summed E-state index contributed by atoms with van der Waals surface area (Å²) in [6.07, 6.45) is 0. The average Bonchev–Trinajstić information content (AvgIpc) is 2.78. The lowest BCUT2D eigenvalue weighted by atomic mass is 9.91. The second-order valence-corrected chi connectivity index (χ2v) is 6.81. The summed E-state index contributed by atoms with van der Waals surface area (Å²) in [5, 5.41) is 0.494. The third-order valence-corrected chi connectivity index (χ3v) is 4.52. The predicted molar refractivity (Wildman–Crippen MR) is 113 cm³/mol. The first-order chi connectivity index (χ1) is 14.5. The van der Waals surface area contributed by atoms with Crippen LogP contribution < -0.4 is 10.9 Å². The molecule has 7 heteroatoms. The molecule has 0 atom stereocenters. The van der Waals surface area contributed by atoms with E-state index in [1.54, 1.807) is 12.1 Å².